The molecule has 2 heterocycles. The molecule has 0 unspecified atom stereocenters. The quantitative estimate of drug-likeness (QED) is 0.772. The van der Waals surface area contributed by atoms with E-state index in [2.05, 4.69) is 24.1 Å². The van der Waals surface area contributed by atoms with Crippen molar-refractivity contribution in [1.29, 1.82) is 0 Å². The van der Waals surface area contributed by atoms with Crippen LogP contribution in [0.4, 0.5) is 0 Å². The minimum Gasteiger partial charge on any atom is -0.374 e. The fraction of sp³-hybridized carbons (Fsp3) is 0.867. The van der Waals surface area contributed by atoms with Crippen LogP contribution >= 0.6 is 0 Å². The molecule has 6 heteroatoms. The molecule has 2 rings (SSSR count). The third-order valence-electron chi connectivity index (χ3n) is 4.06. The van der Waals surface area contributed by atoms with E-state index in [4.69, 9.17) is 4.74 Å². The van der Waals surface area contributed by atoms with E-state index in [0.29, 0.717) is 25.4 Å². The predicted molar refractivity (Wildman–Crippen MR) is 79.8 cm³/mol. The standard InChI is InChI=1S/C15H27N3O3/c1-11(2)8-18-4-5-21-13(10-18)7-16-15(20)12-6-14(19)17(3)9-12/h11-13H,4-10H2,1-3H3,(H,16,20)/t12-,13-/m0/s1. The maximum Gasteiger partial charge on any atom is 0.225 e. The summed E-state index contributed by atoms with van der Waals surface area (Å²) in [6.07, 6.45) is 0.379. The van der Waals surface area contributed by atoms with Crippen molar-refractivity contribution in [1.82, 2.24) is 15.1 Å². The van der Waals surface area contributed by atoms with Gasteiger partial charge in [0.2, 0.25) is 11.8 Å². The van der Waals surface area contributed by atoms with E-state index >= 15 is 0 Å². The van der Waals surface area contributed by atoms with Crippen LogP contribution in [0.15, 0.2) is 0 Å². The number of ether oxygens (including phenoxy) is 1. The third-order valence-corrected chi connectivity index (χ3v) is 4.06. The fourth-order valence-corrected chi connectivity index (χ4v) is 2.98. The lowest BCUT2D eigenvalue weighted by Gasteiger charge is -2.34. The first kappa shape index (κ1) is 16.2. The highest BCUT2D eigenvalue weighted by Gasteiger charge is 2.32. The Morgan fingerprint density at radius 2 is 2.19 bits per heavy atom. The molecular weight excluding hydrogens is 270 g/mol. The van der Waals surface area contributed by atoms with E-state index in [1.165, 1.54) is 0 Å². The average molecular weight is 297 g/mol. The van der Waals surface area contributed by atoms with Gasteiger partial charge >= 0.3 is 0 Å². The third kappa shape index (κ3) is 4.68. The van der Waals surface area contributed by atoms with Crippen molar-refractivity contribution in [3.8, 4) is 0 Å². The van der Waals surface area contributed by atoms with Gasteiger partial charge < -0.3 is 15.0 Å². The van der Waals surface area contributed by atoms with Gasteiger partial charge in [-0.15, -0.1) is 0 Å². The zero-order valence-electron chi connectivity index (χ0n) is 13.3. The smallest absolute Gasteiger partial charge is 0.225 e. The molecule has 120 valence electrons. The molecule has 0 radical (unpaired) electrons. The Morgan fingerprint density at radius 3 is 2.81 bits per heavy atom. The molecular formula is C15H27N3O3. The molecule has 0 saturated carbocycles. The van der Waals surface area contributed by atoms with E-state index in [1.807, 2.05) is 0 Å². The molecule has 21 heavy (non-hydrogen) atoms. The molecule has 2 amide bonds. The second kappa shape index (κ2) is 7.22. The van der Waals surface area contributed by atoms with Crippen LogP contribution in [0.3, 0.4) is 0 Å². The minimum absolute atomic E-state index is 0.0303. The Labute approximate surface area is 126 Å². The highest BCUT2D eigenvalue weighted by Crippen LogP contribution is 2.16. The summed E-state index contributed by atoms with van der Waals surface area (Å²) >= 11 is 0. The zero-order chi connectivity index (χ0) is 15.4. The molecule has 0 aromatic rings. The van der Waals surface area contributed by atoms with Crippen molar-refractivity contribution in [3.05, 3.63) is 0 Å². The van der Waals surface area contributed by atoms with Crippen LogP contribution in [0, 0.1) is 11.8 Å². The van der Waals surface area contributed by atoms with Crippen LogP contribution in [0.25, 0.3) is 0 Å². The lowest BCUT2D eigenvalue weighted by atomic mass is 10.1. The summed E-state index contributed by atoms with van der Waals surface area (Å²) in [5.74, 6) is 0.445. The minimum atomic E-state index is -0.210. The van der Waals surface area contributed by atoms with E-state index in [9.17, 15) is 9.59 Å². The normalized spacial score (nSPS) is 27.4. The summed E-state index contributed by atoms with van der Waals surface area (Å²) in [6, 6.07) is 0. The number of likely N-dealkylation sites (tertiary alicyclic amines) is 1. The van der Waals surface area contributed by atoms with Gasteiger partial charge in [-0.05, 0) is 5.92 Å². The molecule has 0 aliphatic carbocycles. The Morgan fingerprint density at radius 1 is 1.43 bits per heavy atom. The highest BCUT2D eigenvalue weighted by atomic mass is 16.5. The van der Waals surface area contributed by atoms with Crippen LogP contribution in [-0.2, 0) is 14.3 Å². The van der Waals surface area contributed by atoms with Gasteiger partial charge in [0.1, 0.15) is 0 Å². The Kier molecular flexibility index (Phi) is 5.58. The molecule has 2 atom stereocenters. The SMILES string of the molecule is CC(C)CN1CCO[C@@H](CNC(=O)[C@H]2CC(=O)N(C)C2)C1. The van der Waals surface area contributed by atoms with Crippen LogP contribution in [0.2, 0.25) is 0 Å². The van der Waals surface area contributed by atoms with Crippen LogP contribution in [0.5, 0.6) is 0 Å². The lowest BCUT2D eigenvalue weighted by molar-refractivity contribution is -0.128. The number of nitrogens with one attached hydrogen (secondary N) is 1. The number of hydrogen-bond acceptors (Lipinski definition) is 4. The van der Waals surface area contributed by atoms with Crippen LogP contribution in [-0.4, -0.2) is 74.1 Å². The number of nitrogens with zero attached hydrogens (tertiary/aromatic N) is 2. The first-order valence-corrected chi connectivity index (χ1v) is 7.81. The Balaban J connectivity index is 1.72. The van der Waals surface area contributed by atoms with Gasteiger partial charge in [0.25, 0.3) is 0 Å². The monoisotopic (exact) mass is 297 g/mol. The summed E-state index contributed by atoms with van der Waals surface area (Å²) in [5.41, 5.74) is 0. The van der Waals surface area contributed by atoms with Crippen molar-refractivity contribution in [3.63, 3.8) is 0 Å². The van der Waals surface area contributed by atoms with Crippen molar-refractivity contribution < 1.29 is 14.3 Å². The van der Waals surface area contributed by atoms with E-state index < -0.39 is 0 Å². The molecule has 2 aliphatic heterocycles. The van der Waals surface area contributed by atoms with Crippen molar-refractivity contribution in [2.45, 2.75) is 26.4 Å². The molecule has 0 aromatic heterocycles. The molecule has 0 aromatic carbocycles. The first-order chi connectivity index (χ1) is 9.95. The van der Waals surface area contributed by atoms with Gasteiger partial charge in [-0.1, -0.05) is 13.8 Å². The van der Waals surface area contributed by atoms with Crippen molar-refractivity contribution in [2.75, 3.05) is 46.4 Å². The largest absolute Gasteiger partial charge is 0.374 e. The molecule has 2 fully saturated rings. The van der Waals surface area contributed by atoms with Crippen LogP contribution in [0.1, 0.15) is 20.3 Å². The summed E-state index contributed by atoms with van der Waals surface area (Å²) < 4.78 is 5.71. The van der Waals surface area contributed by atoms with E-state index in [-0.39, 0.29) is 23.8 Å². The maximum atomic E-state index is 12.1. The van der Waals surface area contributed by atoms with Crippen molar-refractivity contribution in [2.24, 2.45) is 11.8 Å². The Hall–Kier alpha value is -1.14. The number of rotatable bonds is 5. The van der Waals surface area contributed by atoms with Gasteiger partial charge in [0, 0.05) is 46.2 Å². The van der Waals surface area contributed by atoms with E-state index in [1.54, 1.807) is 11.9 Å². The molecule has 2 aliphatic rings. The molecule has 1 N–H and O–H groups in total. The second-order valence-corrected chi connectivity index (χ2v) is 6.57. The number of amides is 2. The van der Waals surface area contributed by atoms with Gasteiger partial charge in [0.05, 0.1) is 18.6 Å². The summed E-state index contributed by atoms with van der Waals surface area (Å²) in [4.78, 5) is 27.5. The first-order valence-electron chi connectivity index (χ1n) is 7.81. The number of hydrogen-bond donors (Lipinski definition) is 1. The van der Waals surface area contributed by atoms with Crippen LogP contribution < -0.4 is 5.32 Å². The highest BCUT2D eigenvalue weighted by molar-refractivity contribution is 5.89. The molecule has 0 spiro atoms. The number of morpholine rings is 1. The zero-order valence-corrected chi connectivity index (χ0v) is 13.3. The summed E-state index contributed by atoms with van der Waals surface area (Å²) in [6.45, 7) is 9.08. The Bertz CT molecular complexity index is 386. The van der Waals surface area contributed by atoms with Gasteiger partial charge in [-0.25, -0.2) is 0 Å². The lowest BCUT2D eigenvalue weighted by Crippen LogP contribution is -2.49. The average Bonchev–Trinajstić information content (AvgIpc) is 2.76. The van der Waals surface area contributed by atoms with E-state index in [0.717, 1.165) is 26.2 Å². The fourth-order valence-electron chi connectivity index (χ4n) is 2.98. The van der Waals surface area contributed by atoms with Gasteiger partial charge in [-0.3, -0.25) is 14.5 Å². The number of carbonyl (C=O) groups is 2. The van der Waals surface area contributed by atoms with Gasteiger partial charge in [0.15, 0.2) is 0 Å². The molecule has 2 saturated heterocycles. The molecule has 6 nitrogen and oxygen atoms in total. The maximum absolute atomic E-state index is 12.1. The summed E-state index contributed by atoms with van der Waals surface area (Å²) in [7, 11) is 1.74. The number of carbonyl (C=O) groups excluding carboxylic acids is 2. The second-order valence-electron chi connectivity index (χ2n) is 6.57. The predicted octanol–water partition coefficient (Wildman–Crippen LogP) is -0.0623. The molecule has 0 bridgehead atoms. The topological polar surface area (TPSA) is 61.9 Å². The van der Waals surface area contributed by atoms with Gasteiger partial charge in [-0.2, -0.15) is 0 Å². The summed E-state index contributed by atoms with van der Waals surface area (Å²) in [5, 5.41) is 2.94. The van der Waals surface area contributed by atoms with Crippen molar-refractivity contribution >= 4 is 11.8 Å².